The second kappa shape index (κ2) is 11.3. The first-order valence-corrected chi connectivity index (χ1v) is 10.0. The first-order valence-electron chi connectivity index (χ1n) is 10.0. The highest BCUT2D eigenvalue weighted by atomic mass is 19.4. The molecule has 0 aliphatic carbocycles. The summed E-state index contributed by atoms with van der Waals surface area (Å²) in [5, 5.41) is 19.3. The molecule has 0 unspecified atom stereocenters. The molecule has 13 heteroatoms. The molecule has 0 radical (unpaired) electrons. The second-order valence-corrected chi connectivity index (χ2v) is 7.27. The van der Waals surface area contributed by atoms with Crippen molar-refractivity contribution in [1.82, 2.24) is 4.90 Å². The van der Waals surface area contributed by atoms with Crippen LogP contribution in [0.2, 0.25) is 0 Å². The number of nitrogens with one attached hydrogen (secondary N) is 1. The monoisotopic (exact) mass is 499 g/mol. The van der Waals surface area contributed by atoms with E-state index in [1.54, 1.807) is 23.1 Å². The van der Waals surface area contributed by atoms with Gasteiger partial charge in [-0.1, -0.05) is 12.1 Å². The van der Waals surface area contributed by atoms with Gasteiger partial charge in [0.2, 0.25) is 5.91 Å². The van der Waals surface area contributed by atoms with Gasteiger partial charge in [0.15, 0.2) is 0 Å². The molecule has 1 saturated heterocycles. The number of carboxylic acids is 2. The molecule has 2 aromatic carbocycles. The maximum Gasteiger partial charge on any atom is 0.490 e. The van der Waals surface area contributed by atoms with Gasteiger partial charge in [-0.2, -0.15) is 13.2 Å². The number of alkyl halides is 3. The minimum atomic E-state index is -5.08. The fourth-order valence-electron chi connectivity index (χ4n) is 3.17. The Bertz CT molecular complexity index is 1110. The summed E-state index contributed by atoms with van der Waals surface area (Å²) in [6, 6.07) is 10.1. The van der Waals surface area contributed by atoms with Crippen LogP contribution >= 0.6 is 0 Å². The van der Waals surface area contributed by atoms with Crippen molar-refractivity contribution < 1.29 is 47.0 Å². The number of carbonyl (C=O) groups is 4. The normalized spacial score (nSPS) is 13.4. The lowest BCUT2D eigenvalue weighted by Crippen LogP contribution is -2.48. The molecule has 1 aliphatic heterocycles. The first-order chi connectivity index (χ1) is 16.3. The van der Waals surface area contributed by atoms with Gasteiger partial charge >= 0.3 is 18.1 Å². The number of aromatic carboxylic acids is 1. The molecule has 3 rings (SSSR count). The van der Waals surface area contributed by atoms with E-state index in [-0.39, 0.29) is 22.7 Å². The highest BCUT2D eigenvalue weighted by Gasteiger charge is 2.38. The molecule has 0 aromatic heterocycles. The Morgan fingerprint density at radius 3 is 1.97 bits per heavy atom. The highest BCUT2D eigenvalue weighted by Crippen LogP contribution is 2.26. The zero-order chi connectivity index (χ0) is 26.3. The average molecular weight is 499 g/mol. The molecule has 1 fully saturated rings. The van der Waals surface area contributed by atoms with Gasteiger partial charge in [0.25, 0.3) is 5.91 Å². The van der Waals surface area contributed by atoms with E-state index < -0.39 is 29.8 Å². The molecule has 1 heterocycles. The van der Waals surface area contributed by atoms with Gasteiger partial charge in [0.1, 0.15) is 5.82 Å². The van der Waals surface area contributed by atoms with E-state index in [2.05, 4.69) is 5.32 Å². The molecule has 2 aromatic rings. The summed E-state index contributed by atoms with van der Waals surface area (Å²) in [5.41, 5.74) is 0.683. The predicted molar refractivity (Wildman–Crippen MR) is 116 cm³/mol. The fourth-order valence-corrected chi connectivity index (χ4v) is 3.17. The van der Waals surface area contributed by atoms with E-state index in [1.165, 1.54) is 31.2 Å². The Labute approximate surface area is 196 Å². The van der Waals surface area contributed by atoms with Crippen LogP contribution in [0.1, 0.15) is 27.6 Å². The fraction of sp³-hybridized carbons (Fsp3) is 0.273. The Hall–Kier alpha value is -4.16. The summed E-state index contributed by atoms with van der Waals surface area (Å²) >= 11 is 0. The Morgan fingerprint density at radius 1 is 0.914 bits per heavy atom. The number of carboxylic acid groups (broad SMARTS) is 2. The molecule has 35 heavy (non-hydrogen) atoms. The van der Waals surface area contributed by atoms with Crippen LogP contribution in [0.15, 0.2) is 42.5 Å². The van der Waals surface area contributed by atoms with Gasteiger partial charge in [-0.3, -0.25) is 9.59 Å². The van der Waals surface area contributed by atoms with Gasteiger partial charge in [-0.15, -0.1) is 0 Å². The Balaban J connectivity index is 0.000000540. The third kappa shape index (κ3) is 7.42. The first kappa shape index (κ1) is 27.1. The van der Waals surface area contributed by atoms with E-state index in [1.807, 2.05) is 4.90 Å². The standard InChI is InChI=1S/C20H20FN3O4.C2HF3O2/c1-13(25)23-8-10-24(11-9-23)18-7-6-14(12-16(18)20(27)28)22-19(26)15-4-2-3-5-17(15)21;3-2(4,5)1(6)7/h2-7,12H,8-11H2,1H3,(H,22,26)(H,27,28);(H,6,7). The van der Waals surface area contributed by atoms with Gasteiger partial charge < -0.3 is 25.3 Å². The van der Waals surface area contributed by atoms with Gasteiger partial charge in [-0.25, -0.2) is 14.0 Å². The minimum absolute atomic E-state index is 0.00990. The lowest BCUT2D eigenvalue weighted by molar-refractivity contribution is -0.192. The SMILES string of the molecule is CC(=O)N1CCN(c2ccc(NC(=O)c3ccccc3F)cc2C(=O)O)CC1.O=C(O)C(F)(F)F. The van der Waals surface area contributed by atoms with E-state index >= 15 is 0 Å². The molecule has 0 atom stereocenters. The van der Waals surface area contributed by atoms with Gasteiger partial charge in [-0.05, 0) is 30.3 Å². The van der Waals surface area contributed by atoms with Crippen LogP contribution in [0.3, 0.4) is 0 Å². The zero-order valence-electron chi connectivity index (χ0n) is 18.3. The lowest BCUT2D eigenvalue weighted by Gasteiger charge is -2.36. The van der Waals surface area contributed by atoms with Crippen LogP contribution in [0.25, 0.3) is 0 Å². The highest BCUT2D eigenvalue weighted by molar-refractivity contribution is 6.05. The largest absolute Gasteiger partial charge is 0.490 e. The van der Waals surface area contributed by atoms with Crippen molar-refractivity contribution in [2.75, 3.05) is 36.4 Å². The summed E-state index contributed by atoms with van der Waals surface area (Å²) in [5.74, 6) is -5.21. The minimum Gasteiger partial charge on any atom is -0.478 e. The Morgan fingerprint density at radius 2 is 1.49 bits per heavy atom. The molecule has 188 valence electrons. The van der Waals surface area contributed by atoms with Gasteiger partial charge in [0.05, 0.1) is 16.8 Å². The van der Waals surface area contributed by atoms with Crippen LogP contribution in [-0.4, -0.2) is 71.2 Å². The molecule has 0 bridgehead atoms. The number of benzene rings is 2. The molecule has 2 amide bonds. The summed E-state index contributed by atoms with van der Waals surface area (Å²) < 4.78 is 45.5. The number of carbonyl (C=O) groups excluding carboxylic acids is 2. The van der Waals surface area contributed by atoms with E-state index in [0.29, 0.717) is 31.9 Å². The summed E-state index contributed by atoms with van der Waals surface area (Å²) in [7, 11) is 0. The number of halogens is 4. The Kier molecular flexibility index (Phi) is 8.75. The molecule has 0 spiro atoms. The number of anilines is 2. The quantitative estimate of drug-likeness (QED) is 0.552. The van der Waals surface area contributed by atoms with Crippen LogP contribution in [0, 0.1) is 5.82 Å². The number of rotatable bonds is 4. The molecule has 9 nitrogen and oxygen atoms in total. The predicted octanol–water partition coefficient (Wildman–Crippen LogP) is 3.08. The van der Waals surface area contributed by atoms with Crippen molar-refractivity contribution >= 4 is 35.1 Å². The number of piperazine rings is 1. The van der Waals surface area contributed by atoms with Crippen molar-refractivity contribution in [3.8, 4) is 0 Å². The van der Waals surface area contributed by atoms with Crippen LogP contribution < -0.4 is 10.2 Å². The smallest absolute Gasteiger partial charge is 0.478 e. The number of nitrogens with zero attached hydrogens (tertiary/aromatic N) is 2. The van der Waals surface area contributed by atoms with Crippen molar-refractivity contribution in [3.63, 3.8) is 0 Å². The number of amides is 2. The van der Waals surface area contributed by atoms with Crippen LogP contribution in [0.5, 0.6) is 0 Å². The molecule has 3 N–H and O–H groups in total. The molecule has 0 saturated carbocycles. The maximum absolute atomic E-state index is 13.8. The van der Waals surface area contributed by atoms with Crippen LogP contribution in [-0.2, 0) is 9.59 Å². The average Bonchev–Trinajstić information content (AvgIpc) is 2.79. The van der Waals surface area contributed by atoms with Crippen molar-refractivity contribution in [3.05, 3.63) is 59.4 Å². The van der Waals surface area contributed by atoms with Crippen molar-refractivity contribution in [2.24, 2.45) is 0 Å². The number of aliphatic carboxylic acids is 1. The van der Waals surface area contributed by atoms with Gasteiger partial charge in [0, 0.05) is 38.8 Å². The second-order valence-electron chi connectivity index (χ2n) is 7.27. The van der Waals surface area contributed by atoms with E-state index in [4.69, 9.17) is 9.90 Å². The topological polar surface area (TPSA) is 127 Å². The summed E-state index contributed by atoms with van der Waals surface area (Å²) in [6.45, 7) is 3.56. The van der Waals surface area contributed by atoms with Crippen LogP contribution in [0.4, 0.5) is 28.9 Å². The third-order valence-electron chi connectivity index (χ3n) is 4.91. The van der Waals surface area contributed by atoms with E-state index in [9.17, 15) is 37.1 Å². The molecule has 1 aliphatic rings. The van der Waals surface area contributed by atoms with Crippen molar-refractivity contribution in [1.29, 1.82) is 0 Å². The zero-order valence-corrected chi connectivity index (χ0v) is 18.3. The maximum atomic E-state index is 13.8. The van der Waals surface area contributed by atoms with E-state index in [0.717, 1.165) is 0 Å². The molecular weight excluding hydrogens is 478 g/mol. The summed E-state index contributed by atoms with van der Waals surface area (Å²) in [6.07, 6.45) is -5.08. The molecular formula is C22H21F4N3O6. The third-order valence-corrected chi connectivity index (χ3v) is 4.91. The van der Waals surface area contributed by atoms with Crippen molar-refractivity contribution in [2.45, 2.75) is 13.1 Å². The lowest BCUT2D eigenvalue weighted by atomic mass is 10.1. The summed E-state index contributed by atoms with van der Waals surface area (Å²) in [4.78, 5) is 47.9. The number of hydrogen-bond acceptors (Lipinski definition) is 5. The number of hydrogen-bond donors (Lipinski definition) is 3.